The van der Waals surface area contributed by atoms with Crippen LogP contribution in [0.15, 0.2) is 41.6 Å². The molecule has 1 aliphatic heterocycles. The predicted octanol–water partition coefficient (Wildman–Crippen LogP) is 5.75. The van der Waals surface area contributed by atoms with Gasteiger partial charge >= 0.3 is 0 Å². The van der Waals surface area contributed by atoms with Crippen LogP contribution in [-0.2, 0) is 4.79 Å². The number of aryl methyl sites for hydroxylation is 2. The smallest absolute Gasteiger partial charge is 0.247 e. The Balaban J connectivity index is 1.96. The highest BCUT2D eigenvalue weighted by molar-refractivity contribution is 7.99. The standard InChI is InChI=1S/C26H30N4O3S/c1-7-32-21-11-9-8-10-19(21)25-30(18(6)31)23-17(5)12-16(4)13-20(23)22-24(33-25)27-26(29-28-22)34-14-15(2)3/h8-13,15,25H,7,14H2,1-6H3/t25-/m0/s1. The summed E-state index contributed by atoms with van der Waals surface area (Å²) in [6, 6.07) is 11.7. The van der Waals surface area contributed by atoms with Gasteiger partial charge in [0.05, 0.1) is 17.9 Å². The van der Waals surface area contributed by atoms with Crippen molar-refractivity contribution in [3.63, 3.8) is 0 Å². The van der Waals surface area contributed by atoms with E-state index in [1.54, 1.807) is 23.6 Å². The number of fused-ring (bicyclic) bond motifs is 3. The first kappa shape index (κ1) is 24.0. The molecule has 4 rings (SSSR count). The van der Waals surface area contributed by atoms with Crippen molar-refractivity contribution in [2.75, 3.05) is 17.3 Å². The van der Waals surface area contributed by atoms with Gasteiger partial charge in [-0.3, -0.25) is 9.69 Å². The van der Waals surface area contributed by atoms with E-state index in [9.17, 15) is 4.79 Å². The number of thioether (sulfide) groups is 1. The molecular weight excluding hydrogens is 448 g/mol. The third-order valence-electron chi connectivity index (χ3n) is 5.40. The first-order valence-corrected chi connectivity index (χ1v) is 12.5. The van der Waals surface area contributed by atoms with E-state index in [1.807, 2.05) is 51.1 Å². The Labute approximate surface area is 204 Å². The molecule has 2 aromatic carbocycles. The van der Waals surface area contributed by atoms with Crippen molar-refractivity contribution in [1.82, 2.24) is 15.2 Å². The van der Waals surface area contributed by atoms with E-state index in [0.29, 0.717) is 35.0 Å². The molecule has 0 N–H and O–H groups in total. The van der Waals surface area contributed by atoms with E-state index in [2.05, 4.69) is 30.1 Å². The number of anilines is 1. The average Bonchev–Trinajstić information content (AvgIpc) is 2.93. The average molecular weight is 479 g/mol. The van der Waals surface area contributed by atoms with Crippen molar-refractivity contribution >= 4 is 23.4 Å². The Kier molecular flexibility index (Phi) is 7.07. The molecule has 1 aromatic heterocycles. The molecule has 0 aliphatic carbocycles. The number of rotatable bonds is 6. The number of carbonyl (C=O) groups is 1. The summed E-state index contributed by atoms with van der Waals surface area (Å²) >= 11 is 1.54. The summed E-state index contributed by atoms with van der Waals surface area (Å²) in [5.74, 6) is 2.21. The van der Waals surface area contributed by atoms with E-state index < -0.39 is 6.23 Å². The molecule has 0 unspecified atom stereocenters. The van der Waals surface area contributed by atoms with Crippen molar-refractivity contribution in [2.45, 2.75) is 52.9 Å². The lowest BCUT2D eigenvalue weighted by molar-refractivity contribution is -0.118. The molecule has 1 aliphatic rings. The summed E-state index contributed by atoms with van der Waals surface area (Å²) in [5.41, 5.74) is 4.79. The van der Waals surface area contributed by atoms with Crippen LogP contribution in [0.3, 0.4) is 0 Å². The van der Waals surface area contributed by atoms with Crippen LogP contribution < -0.4 is 14.4 Å². The SMILES string of the molecule is CCOc1ccccc1[C@@H]1Oc2nc(SCC(C)C)nnc2-c2cc(C)cc(C)c2N1C(C)=O. The lowest BCUT2D eigenvalue weighted by Gasteiger charge is -2.32. The Bertz CT molecular complexity index is 1210. The first-order valence-electron chi connectivity index (χ1n) is 11.5. The molecule has 7 nitrogen and oxygen atoms in total. The minimum atomic E-state index is -0.777. The molecule has 0 saturated heterocycles. The van der Waals surface area contributed by atoms with Gasteiger partial charge in [-0.2, -0.15) is 4.98 Å². The molecule has 0 radical (unpaired) electrons. The predicted molar refractivity (Wildman–Crippen MR) is 134 cm³/mol. The second kappa shape index (κ2) is 10.0. The van der Waals surface area contributed by atoms with E-state index in [4.69, 9.17) is 14.5 Å². The molecule has 34 heavy (non-hydrogen) atoms. The van der Waals surface area contributed by atoms with Crippen LogP contribution in [-0.4, -0.2) is 33.4 Å². The number of aromatic nitrogens is 3. The van der Waals surface area contributed by atoms with Gasteiger partial charge in [0.2, 0.25) is 23.2 Å². The van der Waals surface area contributed by atoms with E-state index >= 15 is 0 Å². The van der Waals surface area contributed by atoms with Gasteiger partial charge in [-0.05, 0) is 50.5 Å². The minimum Gasteiger partial charge on any atom is -0.493 e. The fourth-order valence-corrected chi connectivity index (χ4v) is 4.81. The maximum absolute atomic E-state index is 13.1. The normalized spacial score (nSPS) is 14.8. The summed E-state index contributed by atoms with van der Waals surface area (Å²) in [5, 5.41) is 9.45. The number of ether oxygens (including phenoxy) is 2. The molecule has 0 spiro atoms. The van der Waals surface area contributed by atoms with Crippen LogP contribution in [0.1, 0.15) is 50.6 Å². The minimum absolute atomic E-state index is 0.153. The molecule has 0 fully saturated rings. The maximum atomic E-state index is 13.1. The topological polar surface area (TPSA) is 77.4 Å². The van der Waals surface area contributed by atoms with E-state index in [0.717, 1.165) is 33.7 Å². The summed E-state index contributed by atoms with van der Waals surface area (Å²) in [6.07, 6.45) is -0.777. The number of hydrogen-bond donors (Lipinski definition) is 0. The van der Waals surface area contributed by atoms with Gasteiger partial charge in [-0.25, -0.2) is 0 Å². The molecule has 8 heteroatoms. The number of nitrogens with zero attached hydrogens (tertiary/aromatic N) is 4. The van der Waals surface area contributed by atoms with Gasteiger partial charge in [0.15, 0.2) is 5.69 Å². The van der Waals surface area contributed by atoms with Crippen LogP contribution in [0, 0.1) is 19.8 Å². The monoisotopic (exact) mass is 478 g/mol. The van der Waals surface area contributed by atoms with Gasteiger partial charge in [-0.15, -0.1) is 10.2 Å². The zero-order valence-corrected chi connectivity index (χ0v) is 21.3. The lowest BCUT2D eigenvalue weighted by Crippen LogP contribution is -2.36. The third-order valence-corrected chi connectivity index (χ3v) is 6.67. The Morgan fingerprint density at radius 2 is 1.97 bits per heavy atom. The number of benzene rings is 2. The Morgan fingerprint density at radius 3 is 2.68 bits per heavy atom. The summed E-state index contributed by atoms with van der Waals surface area (Å²) in [6.45, 7) is 12.3. The van der Waals surface area contributed by atoms with Gasteiger partial charge < -0.3 is 9.47 Å². The molecule has 3 aromatic rings. The van der Waals surface area contributed by atoms with Crippen molar-refractivity contribution in [3.05, 3.63) is 53.1 Å². The van der Waals surface area contributed by atoms with Gasteiger partial charge in [0, 0.05) is 18.2 Å². The summed E-state index contributed by atoms with van der Waals surface area (Å²) in [7, 11) is 0. The lowest BCUT2D eigenvalue weighted by atomic mass is 10.00. The maximum Gasteiger partial charge on any atom is 0.247 e. The van der Waals surface area contributed by atoms with Crippen molar-refractivity contribution in [2.24, 2.45) is 5.92 Å². The molecule has 1 atom stereocenters. The van der Waals surface area contributed by atoms with Gasteiger partial charge in [-0.1, -0.05) is 49.4 Å². The Morgan fingerprint density at radius 1 is 1.21 bits per heavy atom. The van der Waals surface area contributed by atoms with Crippen LogP contribution in [0.5, 0.6) is 11.6 Å². The molecular formula is C26H30N4O3S. The number of amides is 1. The van der Waals surface area contributed by atoms with Crippen LogP contribution in [0.2, 0.25) is 0 Å². The van der Waals surface area contributed by atoms with Crippen LogP contribution in [0.25, 0.3) is 11.3 Å². The summed E-state index contributed by atoms with van der Waals surface area (Å²) in [4.78, 5) is 19.6. The number of carbonyl (C=O) groups excluding carboxylic acids is 1. The van der Waals surface area contributed by atoms with Gasteiger partial charge in [0.1, 0.15) is 5.75 Å². The van der Waals surface area contributed by atoms with Crippen LogP contribution in [0.4, 0.5) is 5.69 Å². The second-order valence-corrected chi connectivity index (χ2v) is 9.75. The number of para-hydroxylation sites is 1. The Hall–Kier alpha value is -3.13. The third kappa shape index (κ3) is 4.73. The molecule has 178 valence electrons. The molecule has 1 amide bonds. The highest BCUT2D eigenvalue weighted by atomic mass is 32.2. The summed E-state index contributed by atoms with van der Waals surface area (Å²) < 4.78 is 12.4. The largest absolute Gasteiger partial charge is 0.493 e. The molecule has 2 heterocycles. The van der Waals surface area contributed by atoms with Crippen molar-refractivity contribution in [1.29, 1.82) is 0 Å². The quantitative estimate of drug-likeness (QED) is 0.418. The molecule has 0 saturated carbocycles. The first-order chi connectivity index (χ1) is 16.3. The number of hydrogen-bond acceptors (Lipinski definition) is 7. The van der Waals surface area contributed by atoms with E-state index in [-0.39, 0.29) is 5.91 Å². The van der Waals surface area contributed by atoms with Crippen LogP contribution >= 0.6 is 11.8 Å². The van der Waals surface area contributed by atoms with E-state index in [1.165, 1.54) is 0 Å². The van der Waals surface area contributed by atoms with Crippen molar-refractivity contribution in [3.8, 4) is 22.9 Å². The van der Waals surface area contributed by atoms with Crippen molar-refractivity contribution < 1.29 is 14.3 Å². The van der Waals surface area contributed by atoms with Gasteiger partial charge in [0.25, 0.3) is 0 Å². The molecule has 0 bridgehead atoms. The highest BCUT2D eigenvalue weighted by Crippen LogP contribution is 2.46. The zero-order chi connectivity index (χ0) is 24.4. The highest BCUT2D eigenvalue weighted by Gasteiger charge is 2.37. The second-order valence-electron chi connectivity index (χ2n) is 8.76. The fourth-order valence-electron chi connectivity index (χ4n) is 4.08. The zero-order valence-electron chi connectivity index (χ0n) is 20.5. The fraction of sp³-hybridized carbons (Fsp3) is 0.385.